The third kappa shape index (κ3) is 2.54. The highest BCUT2D eigenvalue weighted by Crippen LogP contribution is 2.31. The topological polar surface area (TPSA) is 46.2 Å². The van der Waals surface area contributed by atoms with Gasteiger partial charge in [0.2, 0.25) is 0 Å². The summed E-state index contributed by atoms with van der Waals surface area (Å²) in [7, 11) is -5.23. The summed E-state index contributed by atoms with van der Waals surface area (Å²) in [4.78, 5) is -0.730. The number of benzene rings is 1. The first-order valence-electron chi connectivity index (χ1n) is 4.99. The first-order valence-corrected chi connectivity index (χ1v) is 6.47. The second kappa shape index (κ2) is 3.90. The van der Waals surface area contributed by atoms with Gasteiger partial charge in [-0.1, -0.05) is 0 Å². The van der Waals surface area contributed by atoms with E-state index >= 15 is 0 Å². The van der Waals surface area contributed by atoms with Gasteiger partial charge in [-0.05, 0) is 37.1 Å². The highest BCUT2D eigenvalue weighted by Gasteiger charge is 2.46. The van der Waals surface area contributed by atoms with E-state index in [-0.39, 0.29) is 0 Å². The van der Waals surface area contributed by atoms with Gasteiger partial charge in [-0.15, -0.1) is 0 Å². The Morgan fingerprint density at radius 3 is 2.06 bits per heavy atom. The summed E-state index contributed by atoms with van der Waals surface area (Å²) in [6, 6.07) is 4.98. The standard InChI is InChI=1S/C10H10F3NO2S/c11-10(12,13)17(15,16)9-5-3-8(4-6-9)14-7-1-2-7/h3-7,14H,1-2H2. The van der Waals surface area contributed by atoms with Crippen molar-refractivity contribution in [1.82, 2.24) is 0 Å². The first kappa shape index (κ1) is 12.2. The van der Waals surface area contributed by atoms with E-state index in [0.29, 0.717) is 11.7 Å². The summed E-state index contributed by atoms with van der Waals surface area (Å²) < 4.78 is 58.8. The molecule has 1 fully saturated rings. The molecule has 3 nitrogen and oxygen atoms in total. The maximum absolute atomic E-state index is 12.2. The third-order valence-corrected chi connectivity index (χ3v) is 3.92. The Kier molecular flexibility index (Phi) is 2.81. The van der Waals surface area contributed by atoms with E-state index in [4.69, 9.17) is 0 Å². The molecule has 17 heavy (non-hydrogen) atoms. The minimum absolute atomic E-state index is 0.361. The zero-order chi connectivity index (χ0) is 12.7. The van der Waals surface area contributed by atoms with E-state index in [1.54, 1.807) is 0 Å². The largest absolute Gasteiger partial charge is 0.501 e. The highest BCUT2D eigenvalue weighted by atomic mass is 32.2. The van der Waals surface area contributed by atoms with Crippen LogP contribution in [0, 0.1) is 0 Å². The summed E-state index contributed by atoms with van der Waals surface area (Å²) in [5, 5.41) is 3.06. The van der Waals surface area contributed by atoms with Crippen LogP contribution in [0.3, 0.4) is 0 Å². The maximum Gasteiger partial charge on any atom is 0.501 e. The third-order valence-electron chi connectivity index (χ3n) is 2.42. The predicted octanol–water partition coefficient (Wildman–Crippen LogP) is 2.55. The van der Waals surface area contributed by atoms with Crippen LogP contribution >= 0.6 is 0 Å². The number of hydrogen-bond acceptors (Lipinski definition) is 3. The van der Waals surface area contributed by atoms with Gasteiger partial charge in [0.15, 0.2) is 0 Å². The van der Waals surface area contributed by atoms with Crippen LogP contribution in [-0.2, 0) is 9.84 Å². The Morgan fingerprint density at radius 1 is 1.12 bits per heavy atom. The van der Waals surface area contributed by atoms with Crippen LogP contribution in [-0.4, -0.2) is 20.0 Å². The van der Waals surface area contributed by atoms with Crippen LogP contribution in [0.25, 0.3) is 0 Å². The molecule has 0 heterocycles. The lowest BCUT2D eigenvalue weighted by Crippen LogP contribution is -2.23. The molecule has 1 aromatic rings. The number of rotatable bonds is 3. The second-order valence-corrected chi connectivity index (χ2v) is 5.83. The van der Waals surface area contributed by atoms with E-state index in [1.807, 2.05) is 0 Å². The monoisotopic (exact) mass is 265 g/mol. The fraction of sp³-hybridized carbons (Fsp3) is 0.400. The molecule has 0 aliphatic heterocycles. The van der Waals surface area contributed by atoms with Crippen LogP contribution in [0.5, 0.6) is 0 Å². The van der Waals surface area contributed by atoms with Crippen molar-refractivity contribution >= 4 is 15.5 Å². The van der Waals surface area contributed by atoms with Gasteiger partial charge in [0.1, 0.15) is 0 Å². The molecule has 94 valence electrons. The molecule has 0 aromatic heterocycles. The average Bonchev–Trinajstić information content (AvgIpc) is 3.01. The number of alkyl halides is 3. The Morgan fingerprint density at radius 2 is 1.65 bits per heavy atom. The lowest BCUT2D eigenvalue weighted by molar-refractivity contribution is -0.0436. The van der Waals surface area contributed by atoms with Crippen LogP contribution in [0.15, 0.2) is 29.2 Å². The molecule has 1 saturated carbocycles. The van der Waals surface area contributed by atoms with Crippen LogP contribution < -0.4 is 5.32 Å². The first-order chi connectivity index (χ1) is 7.80. The Labute approximate surface area is 96.6 Å². The smallest absolute Gasteiger partial charge is 0.382 e. The molecule has 0 amide bonds. The van der Waals surface area contributed by atoms with Crippen molar-refractivity contribution in [1.29, 1.82) is 0 Å². The molecule has 2 rings (SSSR count). The molecule has 0 unspecified atom stereocenters. The van der Waals surface area contributed by atoms with E-state index < -0.39 is 20.2 Å². The molecule has 7 heteroatoms. The summed E-state index contributed by atoms with van der Waals surface area (Å²) in [5.41, 5.74) is -4.62. The molecule has 1 aromatic carbocycles. The molecule has 1 aliphatic rings. The maximum atomic E-state index is 12.2. The Balaban J connectivity index is 2.22. The lowest BCUT2D eigenvalue weighted by atomic mass is 10.3. The lowest BCUT2D eigenvalue weighted by Gasteiger charge is -2.09. The normalized spacial score (nSPS) is 16.9. The van der Waals surface area contributed by atoms with Gasteiger partial charge in [0, 0.05) is 11.7 Å². The molecule has 0 spiro atoms. The molecular weight excluding hydrogens is 255 g/mol. The van der Waals surface area contributed by atoms with Gasteiger partial charge in [-0.2, -0.15) is 13.2 Å². The van der Waals surface area contributed by atoms with E-state index in [0.717, 1.165) is 25.0 Å². The zero-order valence-corrected chi connectivity index (χ0v) is 9.48. The fourth-order valence-corrected chi connectivity index (χ4v) is 2.09. The molecule has 0 radical (unpaired) electrons. The Hall–Kier alpha value is -1.24. The summed E-state index contributed by atoms with van der Waals surface area (Å²) in [6.07, 6.45) is 2.06. The van der Waals surface area contributed by atoms with Crippen molar-refractivity contribution in [3.8, 4) is 0 Å². The molecule has 1 N–H and O–H groups in total. The molecule has 0 bridgehead atoms. The van der Waals surface area contributed by atoms with Crippen LogP contribution in [0.4, 0.5) is 18.9 Å². The van der Waals surface area contributed by atoms with Crippen molar-refractivity contribution in [3.05, 3.63) is 24.3 Å². The van der Waals surface area contributed by atoms with Gasteiger partial charge in [-0.25, -0.2) is 8.42 Å². The van der Waals surface area contributed by atoms with E-state index in [9.17, 15) is 21.6 Å². The van der Waals surface area contributed by atoms with Crippen molar-refractivity contribution in [2.24, 2.45) is 0 Å². The summed E-state index contributed by atoms with van der Waals surface area (Å²) >= 11 is 0. The van der Waals surface area contributed by atoms with Gasteiger partial charge in [0.25, 0.3) is 9.84 Å². The van der Waals surface area contributed by atoms with Crippen molar-refractivity contribution in [2.75, 3.05) is 5.32 Å². The van der Waals surface area contributed by atoms with E-state index in [1.165, 1.54) is 12.1 Å². The van der Waals surface area contributed by atoms with Crippen molar-refractivity contribution in [3.63, 3.8) is 0 Å². The van der Waals surface area contributed by atoms with Gasteiger partial charge >= 0.3 is 5.51 Å². The minimum atomic E-state index is -5.25. The number of sulfone groups is 1. The second-order valence-electron chi connectivity index (χ2n) is 3.89. The van der Waals surface area contributed by atoms with Gasteiger partial charge in [0.05, 0.1) is 4.90 Å². The molecule has 0 saturated heterocycles. The average molecular weight is 265 g/mol. The van der Waals surface area contributed by atoms with Gasteiger partial charge in [-0.3, -0.25) is 0 Å². The minimum Gasteiger partial charge on any atom is -0.382 e. The van der Waals surface area contributed by atoms with Crippen molar-refractivity contribution in [2.45, 2.75) is 29.3 Å². The highest BCUT2D eigenvalue weighted by molar-refractivity contribution is 7.92. The van der Waals surface area contributed by atoms with Crippen LogP contribution in [0.2, 0.25) is 0 Å². The van der Waals surface area contributed by atoms with Crippen molar-refractivity contribution < 1.29 is 21.6 Å². The molecule has 1 aliphatic carbocycles. The SMILES string of the molecule is O=S(=O)(c1ccc(NC2CC2)cc1)C(F)(F)F. The number of anilines is 1. The summed E-state index contributed by atoms with van der Waals surface area (Å²) in [6.45, 7) is 0. The fourth-order valence-electron chi connectivity index (χ4n) is 1.33. The molecular formula is C10H10F3NO2S. The Bertz CT molecular complexity index is 503. The zero-order valence-electron chi connectivity index (χ0n) is 8.66. The number of nitrogens with one attached hydrogen (secondary N) is 1. The van der Waals surface area contributed by atoms with E-state index in [2.05, 4.69) is 5.32 Å². The van der Waals surface area contributed by atoms with Crippen LogP contribution in [0.1, 0.15) is 12.8 Å². The number of halogens is 3. The van der Waals surface area contributed by atoms with Gasteiger partial charge < -0.3 is 5.32 Å². The summed E-state index contributed by atoms with van der Waals surface area (Å²) in [5.74, 6) is 0. The number of hydrogen-bond donors (Lipinski definition) is 1. The molecule has 0 atom stereocenters. The quantitative estimate of drug-likeness (QED) is 0.913. The predicted molar refractivity (Wildman–Crippen MR) is 56.3 cm³/mol.